The van der Waals surface area contributed by atoms with E-state index in [0.717, 1.165) is 5.92 Å². The summed E-state index contributed by atoms with van der Waals surface area (Å²) in [6.45, 7) is 2.19. The van der Waals surface area contributed by atoms with Crippen molar-refractivity contribution < 1.29 is 5.02 Å². The number of rotatable bonds is 8. The van der Waals surface area contributed by atoms with Crippen LogP contribution in [0.3, 0.4) is 0 Å². The molecule has 2 aliphatic rings. The normalized spacial score (nSPS) is 23.0. The van der Waals surface area contributed by atoms with Gasteiger partial charge in [0.2, 0.25) is 0 Å². The first kappa shape index (κ1) is 18.1. The largest absolute Gasteiger partial charge is 0.450 e. The van der Waals surface area contributed by atoms with Crippen LogP contribution in [0.2, 0.25) is 11.6 Å². The van der Waals surface area contributed by atoms with Crippen LogP contribution in [-0.2, 0) is 0 Å². The van der Waals surface area contributed by atoms with Crippen molar-refractivity contribution >= 4 is 6.92 Å². The number of hydrogen-bond acceptors (Lipinski definition) is 1. The second-order valence-corrected chi connectivity index (χ2v) is 7.79. The first-order valence-electron chi connectivity index (χ1n) is 10.2. The summed E-state index contributed by atoms with van der Waals surface area (Å²) in [6.07, 6.45) is 23.4. The minimum absolute atomic E-state index is 0.0779. The third kappa shape index (κ3) is 5.76. The average Bonchev–Trinajstić information content (AvgIpc) is 2.59. The van der Waals surface area contributed by atoms with Crippen LogP contribution in [0.5, 0.6) is 0 Å². The second-order valence-electron chi connectivity index (χ2n) is 7.79. The van der Waals surface area contributed by atoms with Crippen LogP contribution in [0.15, 0.2) is 12.2 Å². The zero-order valence-corrected chi connectivity index (χ0v) is 14.8. The molecule has 2 saturated carbocycles. The van der Waals surface area contributed by atoms with Crippen molar-refractivity contribution in [2.75, 3.05) is 0 Å². The summed E-state index contributed by atoms with van der Waals surface area (Å²) in [7, 11) is 0. The quantitative estimate of drug-likeness (QED) is 0.313. The van der Waals surface area contributed by atoms with Gasteiger partial charge in [0.25, 0.3) is 6.92 Å². The predicted molar refractivity (Wildman–Crippen MR) is 98.4 cm³/mol. The van der Waals surface area contributed by atoms with Crippen molar-refractivity contribution in [3.8, 4) is 0 Å². The summed E-state index contributed by atoms with van der Waals surface area (Å²) in [5.41, 5.74) is 0. The zero-order valence-electron chi connectivity index (χ0n) is 14.8. The Morgan fingerprint density at radius 1 is 0.955 bits per heavy atom. The smallest absolute Gasteiger partial charge is 0.299 e. The fourth-order valence-corrected chi connectivity index (χ4v) is 4.62. The molecular weight excluding hydrogens is 267 g/mol. The third-order valence-electron chi connectivity index (χ3n) is 6.05. The molecule has 2 heteroatoms. The van der Waals surface area contributed by atoms with E-state index in [-0.39, 0.29) is 6.92 Å². The first-order valence-corrected chi connectivity index (χ1v) is 10.2. The molecule has 1 nitrogen and oxygen atoms in total. The molecule has 0 unspecified atom stereocenters. The lowest BCUT2D eigenvalue weighted by molar-refractivity contribution is 0.336. The standard InChI is InChI=1S/C20H37BO/c1-2-3-4-5-12-17-20(18-13-8-6-9-14-18)21(22)19-15-10-7-11-16-19/h12,17-20,22H,2-11,13-16H2,1H3/b17-12+/t20-/m0/s1. The van der Waals surface area contributed by atoms with Gasteiger partial charge in [0.05, 0.1) is 0 Å². The van der Waals surface area contributed by atoms with E-state index >= 15 is 0 Å². The van der Waals surface area contributed by atoms with Gasteiger partial charge in [0.1, 0.15) is 0 Å². The van der Waals surface area contributed by atoms with E-state index in [9.17, 15) is 5.02 Å². The van der Waals surface area contributed by atoms with Gasteiger partial charge in [-0.2, -0.15) is 0 Å². The molecule has 0 aliphatic heterocycles. The van der Waals surface area contributed by atoms with Crippen LogP contribution < -0.4 is 0 Å². The maximum atomic E-state index is 11.0. The monoisotopic (exact) mass is 304 g/mol. The van der Waals surface area contributed by atoms with Gasteiger partial charge in [-0.05, 0) is 30.4 Å². The Labute approximate surface area is 139 Å². The Morgan fingerprint density at radius 2 is 1.59 bits per heavy atom. The Balaban J connectivity index is 1.93. The van der Waals surface area contributed by atoms with Gasteiger partial charge < -0.3 is 5.02 Å². The molecule has 2 rings (SSSR count). The number of allylic oxidation sites excluding steroid dienone is 2. The van der Waals surface area contributed by atoms with Crippen LogP contribution in [0.4, 0.5) is 0 Å². The van der Waals surface area contributed by atoms with Crippen LogP contribution in [0.25, 0.3) is 0 Å². The van der Waals surface area contributed by atoms with Gasteiger partial charge >= 0.3 is 0 Å². The Bertz CT molecular complexity index is 303. The molecule has 1 N–H and O–H groups in total. The lowest BCUT2D eigenvalue weighted by Gasteiger charge is -2.34. The minimum Gasteiger partial charge on any atom is -0.450 e. The lowest BCUT2D eigenvalue weighted by atomic mass is 9.41. The SMILES string of the molecule is CCCCC/C=C/[C@H](B(O)C1CCCCC1)C1CCCCC1. The zero-order chi connectivity index (χ0) is 15.6. The fourth-order valence-electron chi connectivity index (χ4n) is 4.62. The highest BCUT2D eigenvalue weighted by molar-refractivity contribution is 6.54. The van der Waals surface area contributed by atoms with Crippen molar-refractivity contribution in [3.05, 3.63) is 12.2 Å². The van der Waals surface area contributed by atoms with Crippen molar-refractivity contribution in [1.82, 2.24) is 0 Å². The van der Waals surface area contributed by atoms with Crippen molar-refractivity contribution in [2.24, 2.45) is 5.92 Å². The van der Waals surface area contributed by atoms with Gasteiger partial charge in [0.15, 0.2) is 0 Å². The van der Waals surface area contributed by atoms with Crippen LogP contribution in [-0.4, -0.2) is 11.9 Å². The van der Waals surface area contributed by atoms with Gasteiger partial charge in [-0.25, -0.2) is 0 Å². The molecule has 0 heterocycles. The van der Waals surface area contributed by atoms with Crippen LogP contribution in [0.1, 0.15) is 96.8 Å². The molecule has 2 aliphatic carbocycles. The average molecular weight is 304 g/mol. The van der Waals surface area contributed by atoms with Crippen molar-refractivity contribution in [2.45, 2.75) is 108 Å². The molecule has 0 aromatic carbocycles. The van der Waals surface area contributed by atoms with E-state index in [2.05, 4.69) is 19.1 Å². The molecule has 0 amide bonds. The number of unbranched alkanes of at least 4 members (excludes halogenated alkanes) is 3. The van der Waals surface area contributed by atoms with E-state index in [1.165, 1.54) is 89.9 Å². The third-order valence-corrected chi connectivity index (χ3v) is 6.05. The number of hydrogen-bond donors (Lipinski definition) is 1. The molecule has 0 saturated heterocycles. The highest BCUT2D eigenvalue weighted by Gasteiger charge is 2.36. The van der Waals surface area contributed by atoms with Crippen molar-refractivity contribution in [1.29, 1.82) is 0 Å². The van der Waals surface area contributed by atoms with Gasteiger partial charge in [-0.15, -0.1) is 0 Å². The molecule has 1 atom stereocenters. The molecular formula is C20H37BO. The summed E-state index contributed by atoms with van der Waals surface area (Å²) >= 11 is 0. The molecule has 2 fully saturated rings. The topological polar surface area (TPSA) is 20.2 Å². The fraction of sp³-hybridized carbons (Fsp3) is 0.900. The summed E-state index contributed by atoms with van der Waals surface area (Å²) in [5, 5.41) is 11.0. The van der Waals surface area contributed by atoms with E-state index in [1.807, 2.05) is 0 Å². The maximum Gasteiger partial charge on any atom is 0.299 e. The van der Waals surface area contributed by atoms with E-state index in [4.69, 9.17) is 0 Å². The van der Waals surface area contributed by atoms with Crippen molar-refractivity contribution in [3.63, 3.8) is 0 Å². The molecule has 22 heavy (non-hydrogen) atoms. The molecule has 0 spiro atoms. The molecule has 126 valence electrons. The Morgan fingerprint density at radius 3 is 2.23 bits per heavy atom. The summed E-state index contributed by atoms with van der Waals surface area (Å²) in [4.78, 5) is 0. The molecule has 0 bridgehead atoms. The Hall–Kier alpha value is -0.235. The second kappa shape index (κ2) is 10.5. The van der Waals surface area contributed by atoms with E-state index < -0.39 is 0 Å². The minimum atomic E-state index is -0.0779. The molecule has 0 aromatic rings. The summed E-state index contributed by atoms with van der Waals surface area (Å²) in [6, 6.07) is 0. The maximum absolute atomic E-state index is 11.0. The van der Waals surface area contributed by atoms with Gasteiger partial charge in [-0.1, -0.05) is 96.1 Å². The summed E-state index contributed by atoms with van der Waals surface area (Å²) in [5.74, 6) is 1.75. The van der Waals surface area contributed by atoms with Crippen LogP contribution in [0, 0.1) is 5.92 Å². The lowest BCUT2D eigenvalue weighted by Crippen LogP contribution is -2.32. The molecule has 0 radical (unpaired) electrons. The van der Waals surface area contributed by atoms with Gasteiger partial charge in [-0.3, -0.25) is 0 Å². The summed E-state index contributed by atoms with van der Waals surface area (Å²) < 4.78 is 0. The highest BCUT2D eigenvalue weighted by atomic mass is 16.2. The Kier molecular flexibility index (Phi) is 8.66. The van der Waals surface area contributed by atoms with E-state index in [1.54, 1.807) is 0 Å². The van der Waals surface area contributed by atoms with E-state index in [0.29, 0.717) is 11.6 Å². The van der Waals surface area contributed by atoms with Crippen LogP contribution >= 0.6 is 0 Å². The first-order chi connectivity index (χ1) is 10.8. The predicted octanol–water partition coefficient (Wildman–Crippen LogP) is 6.39. The highest BCUT2D eigenvalue weighted by Crippen LogP contribution is 2.42. The van der Waals surface area contributed by atoms with Gasteiger partial charge in [0, 0.05) is 0 Å². The molecule has 0 aromatic heterocycles.